The first-order chi connectivity index (χ1) is 7.53. The van der Waals surface area contributed by atoms with Gasteiger partial charge in [-0.25, -0.2) is 0 Å². The summed E-state index contributed by atoms with van der Waals surface area (Å²) in [4.78, 5) is 12.0. The lowest BCUT2D eigenvalue weighted by molar-refractivity contribution is -0.127. The van der Waals surface area contributed by atoms with Crippen molar-refractivity contribution in [3.05, 3.63) is 18.0 Å². The van der Waals surface area contributed by atoms with Crippen LogP contribution in [0.2, 0.25) is 0 Å². The van der Waals surface area contributed by atoms with Crippen LogP contribution in [0.25, 0.3) is 0 Å². The highest BCUT2D eigenvalue weighted by Crippen LogP contribution is 2.23. The number of ketones is 1. The van der Waals surface area contributed by atoms with Crippen molar-refractivity contribution in [3.63, 3.8) is 0 Å². The third-order valence-electron chi connectivity index (χ3n) is 3.43. The van der Waals surface area contributed by atoms with Crippen molar-refractivity contribution in [2.45, 2.75) is 33.1 Å². The summed E-state index contributed by atoms with van der Waals surface area (Å²) < 4.78 is 1.80. The molecule has 2 N–H and O–H groups in total. The fraction of sp³-hybridized carbons (Fsp3) is 0.667. The molecule has 0 bridgehead atoms. The molecule has 4 nitrogen and oxygen atoms in total. The molecule has 4 heteroatoms. The normalized spacial score (nSPS) is 14.8. The summed E-state index contributed by atoms with van der Waals surface area (Å²) in [6.07, 6.45) is 3.83. The maximum Gasteiger partial charge on any atom is 0.140 e. The average molecular weight is 223 g/mol. The van der Waals surface area contributed by atoms with Crippen LogP contribution in [0.3, 0.4) is 0 Å². The minimum atomic E-state index is -0.363. The lowest BCUT2D eigenvalue weighted by Gasteiger charge is -2.24. The topological polar surface area (TPSA) is 60.9 Å². The molecule has 0 fully saturated rings. The second-order valence-corrected chi connectivity index (χ2v) is 4.49. The second-order valence-electron chi connectivity index (χ2n) is 4.49. The number of Topliss-reactive ketones (excluding diaryl/α,β-unsaturated/α-hetero) is 1. The van der Waals surface area contributed by atoms with Gasteiger partial charge in [0.2, 0.25) is 0 Å². The number of rotatable bonds is 6. The maximum atomic E-state index is 12.0. The summed E-state index contributed by atoms with van der Waals surface area (Å²) in [5, 5.41) is 4.08. The molecule has 0 aliphatic rings. The van der Waals surface area contributed by atoms with Gasteiger partial charge in [0.05, 0.1) is 0 Å². The third kappa shape index (κ3) is 2.70. The van der Waals surface area contributed by atoms with Crippen LogP contribution in [0.5, 0.6) is 0 Å². The first-order valence-corrected chi connectivity index (χ1v) is 5.73. The van der Waals surface area contributed by atoms with E-state index in [9.17, 15) is 4.79 Å². The van der Waals surface area contributed by atoms with Crippen molar-refractivity contribution in [1.29, 1.82) is 0 Å². The number of hydrogen-bond acceptors (Lipinski definition) is 3. The van der Waals surface area contributed by atoms with E-state index in [1.807, 2.05) is 27.0 Å². The number of nitrogens with zero attached hydrogens (tertiary/aromatic N) is 2. The van der Waals surface area contributed by atoms with Crippen LogP contribution in [0.1, 0.15) is 32.4 Å². The zero-order chi connectivity index (χ0) is 12.2. The van der Waals surface area contributed by atoms with Crippen LogP contribution in [-0.4, -0.2) is 22.1 Å². The monoisotopic (exact) mass is 223 g/mol. The van der Waals surface area contributed by atoms with Crippen LogP contribution in [0.4, 0.5) is 0 Å². The first kappa shape index (κ1) is 12.9. The van der Waals surface area contributed by atoms with Crippen LogP contribution < -0.4 is 5.73 Å². The van der Waals surface area contributed by atoms with Crippen LogP contribution in [-0.2, 0) is 18.3 Å². The number of nitrogens with two attached hydrogens (primary N) is 1. The van der Waals surface area contributed by atoms with Gasteiger partial charge >= 0.3 is 0 Å². The summed E-state index contributed by atoms with van der Waals surface area (Å²) in [6, 6.07) is 1.94. The Morgan fingerprint density at radius 2 is 2.31 bits per heavy atom. The van der Waals surface area contributed by atoms with Gasteiger partial charge in [0, 0.05) is 37.3 Å². The van der Waals surface area contributed by atoms with Crippen molar-refractivity contribution >= 4 is 5.78 Å². The molecule has 0 amide bonds. The summed E-state index contributed by atoms with van der Waals surface area (Å²) in [6.45, 7) is 4.38. The molecule has 1 aromatic heterocycles. The van der Waals surface area contributed by atoms with Gasteiger partial charge in [-0.3, -0.25) is 9.48 Å². The number of carbonyl (C=O) groups excluding carboxylic acids is 1. The lowest BCUT2D eigenvalue weighted by Crippen LogP contribution is -2.35. The van der Waals surface area contributed by atoms with Crippen molar-refractivity contribution in [2.75, 3.05) is 6.54 Å². The summed E-state index contributed by atoms with van der Waals surface area (Å²) >= 11 is 0. The highest BCUT2D eigenvalue weighted by Gasteiger charge is 2.28. The molecule has 1 heterocycles. The van der Waals surface area contributed by atoms with Gasteiger partial charge in [-0.1, -0.05) is 13.8 Å². The standard InChI is InChI=1S/C12H21N3O/c1-4-12(2,9-13)11(16)6-5-10-7-8-14-15(10)3/h7-8H,4-6,9,13H2,1-3H3. The second kappa shape index (κ2) is 5.25. The Kier molecular flexibility index (Phi) is 4.24. The van der Waals surface area contributed by atoms with Gasteiger partial charge in [0.1, 0.15) is 5.78 Å². The van der Waals surface area contributed by atoms with Crippen LogP contribution in [0.15, 0.2) is 12.3 Å². The first-order valence-electron chi connectivity index (χ1n) is 5.73. The zero-order valence-electron chi connectivity index (χ0n) is 10.4. The van der Waals surface area contributed by atoms with Gasteiger partial charge < -0.3 is 5.73 Å². The van der Waals surface area contributed by atoms with E-state index >= 15 is 0 Å². The molecule has 90 valence electrons. The van der Waals surface area contributed by atoms with E-state index in [1.54, 1.807) is 10.9 Å². The van der Waals surface area contributed by atoms with E-state index in [2.05, 4.69) is 5.10 Å². The Bertz CT molecular complexity index is 353. The van der Waals surface area contributed by atoms with E-state index in [4.69, 9.17) is 5.73 Å². The average Bonchev–Trinajstić information content (AvgIpc) is 2.70. The summed E-state index contributed by atoms with van der Waals surface area (Å²) in [7, 11) is 1.89. The predicted octanol–water partition coefficient (Wildman–Crippen LogP) is 1.30. The number of hydrogen-bond donors (Lipinski definition) is 1. The minimum absolute atomic E-state index is 0.249. The van der Waals surface area contributed by atoms with E-state index in [0.717, 1.165) is 18.5 Å². The number of aryl methyl sites for hydroxylation is 2. The SMILES string of the molecule is CCC(C)(CN)C(=O)CCc1ccnn1C. The molecule has 16 heavy (non-hydrogen) atoms. The maximum absolute atomic E-state index is 12.0. The highest BCUT2D eigenvalue weighted by molar-refractivity contribution is 5.84. The smallest absolute Gasteiger partial charge is 0.140 e. The Morgan fingerprint density at radius 3 is 2.75 bits per heavy atom. The zero-order valence-corrected chi connectivity index (χ0v) is 10.4. The minimum Gasteiger partial charge on any atom is -0.329 e. The molecule has 1 unspecified atom stereocenters. The third-order valence-corrected chi connectivity index (χ3v) is 3.43. The van der Waals surface area contributed by atoms with Crippen LogP contribution >= 0.6 is 0 Å². The molecule has 0 aliphatic carbocycles. The van der Waals surface area contributed by atoms with Crippen molar-refractivity contribution in [1.82, 2.24) is 9.78 Å². The highest BCUT2D eigenvalue weighted by atomic mass is 16.1. The van der Waals surface area contributed by atoms with E-state index in [-0.39, 0.29) is 11.2 Å². The Labute approximate surface area is 96.8 Å². The predicted molar refractivity (Wildman–Crippen MR) is 64.0 cm³/mol. The number of carbonyl (C=O) groups is 1. The molecule has 0 spiro atoms. The Balaban J connectivity index is 2.56. The van der Waals surface area contributed by atoms with Gasteiger partial charge in [-0.05, 0) is 18.9 Å². The van der Waals surface area contributed by atoms with Gasteiger partial charge in [-0.15, -0.1) is 0 Å². The largest absolute Gasteiger partial charge is 0.329 e. The molecule has 0 saturated heterocycles. The molecule has 0 radical (unpaired) electrons. The van der Waals surface area contributed by atoms with Crippen molar-refractivity contribution < 1.29 is 4.79 Å². The molecular weight excluding hydrogens is 202 g/mol. The fourth-order valence-corrected chi connectivity index (χ4v) is 1.65. The fourth-order valence-electron chi connectivity index (χ4n) is 1.65. The Morgan fingerprint density at radius 1 is 1.62 bits per heavy atom. The van der Waals surface area contributed by atoms with Gasteiger partial charge in [0.15, 0.2) is 0 Å². The molecule has 0 aliphatic heterocycles. The van der Waals surface area contributed by atoms with Gasteiger partial charge in [-0.2, -0.15) is 5.10 Å². The Hall–Kier alpha value is -1.16. The molecule has 0 saturated carbocycles. The molecular formula is C12H21N3O. The van der Waals surface area contributed by atoms with E-state index in [1.165, 1.54) is 0 Å². The van der Waals surface area contributed by atoms with E-state index in [0.29, 0.717) is 13.0 Å². The lowest BCUT2D eigenvalue weighted by atomic mass is 9.81. The molecule has 1 rings (SSSR count). The van der Waals surface area contributed by atoms with Crippen molar-refractivity contribution in [3.8, 4) is 0 Å². The summed E-state index contributed by atoms with van der Waals surface area (Å²) in [5.41, 5.74) is 6.38. The van der Waals surface area contributed by atoms with Crippen LogP contribution in [0, 0.1) is 5.41 Å². The summed E-state index contributed by atoms with van der Waals surface area (Å²) in [5.74, 6) is 0.249. The molecule has 0 aromatic carbocycles. The number of aromatic nitrogens is 2. The van der Waals surface area contributed by atoms with Gasteiger partial charge in [0.25, 0.3) is 0 Å². The van der Waals surface area contributed by atoms with Crippen molar-refractivity contribution in [2.24, 2.45) is 18.2 Å². The molecule has 1 aromatic rings. The quantitative estimate of drug-likeness (QED) is 0.790. The molecule has 1 atom stereocenters. The van der Waals surface area contributed by atoms with E-state index < -0.39 is 0 Å².